The standard InChI is InChI=1S/C15H19N5.C6H6/c1-19(2)6-5-13-8-17-15-4-3-12(7-14(13)15)9-20-11-16-10-18-20;1-2-4-6-5-3-1/h3-4,7-8,10-11,17H,5-6,9H2,1-2H3;1-6H. The fourth-order valence-corrected chi connectivity index (χ4v) is 2.76. The fraction of sp³-hybridized carbons (Fsp3) is 0.238. The van der Waals surface area contributed by atoms with Crippen molar-refractivity contribution in [2.45, 2.75) is 13.0 Å². The van der Waals surface area contributed by atoms with Crippen LogP contribution in [0, 0.1) is 0 Å². The SMILES string of the molecule is CN(C)CCc1c[nH]c2ccc(Cn3cncn3)cc12.c1ccccc1. The molecule has 0 bridgehead atoms. The van der Waals surface area contributed by atoms with E-state index >= 15 is 0 Å². The van der Waals surface area contributed by atoms with Gasteiger partial charge in [0.1, 0.15) is 12.7 Å². The lowest BCUT2D eigenvalue weighted by Gasteiger charge is -2.08. The van der Waals surface area contributed by atoms with Gasteiger partial charge in [0, 0.05) is 23.6 Å². The van der Waals surface area contributed by atoms with Crippen molar-refractivity contribution in [2.24, 2.45) is 0 Å². The van der Waals surface area contributed by atoms with E-state index in [9.17, 15) is 0 Å². The summed E-state index contributed by atoms with van der Waals surface area (Å²) >= 11 is 0. The van der Waals surface area contributed by atoms with Crippen molar-refractivity contribution in [1.82, 2.24) is 24.6 Å². The molecule has 2 aromatic heterocycles. The molecule has 0 saturated carbocycles. The molecule has 134 valence electrons. The molecule has 2 aromatic carbocycles. The number of aromatic amines is 1. The van der Waals surface area contributed by atoms with Crippen molar-refractivity contribution in [2.75, 3.05) is 20.6 Å². The lowest BCUT2D eigenvalue weighted by atomic mass is 10.1. The van der Waals surface area contributed by atoms with Crippen molar-refractivity contribution in [3.05, 3.63) is 84.6 Å². The monoisotopic (exact) mass is 347 g/mol. The predicted octanol–water partition coefficient (Wildman–Crippen LogP) is 3.60. The van der Waals surface area contributed by atoms with Crippen molar-refractivity contribution in [3.8, 4) is 0 Å². The Bertz CT molecular complexity index is 868. The van der Waals surface area contributed by atoms with E-state index in [1.807, 2.05) is 41.1 Å². The van der Waals surface area contributed by atoms with Crippen LogP contribution in [0.2, 0.25) is 0 Å². The summed E-state index contributed by atoms with van der Waals surface area (Å²) in [5, 5.41) is 5.46. The summed E-state index contributed by atoms with van der Waals surface area (Å²) in [7, 11) is 4.20. The van der Waals surface area contributed by atoms with Gasteiger partial charge in [-0.2, -0.15) is 5.10 Å². The Balaban J connectivity index is 0.000000278. The summed E-state index contributed by atoms with van der Waals surface area (Å²) in [4.78, 5) is 9.53. The van der Waals surface area contributed by atoms with Gasteiger partial charge in [0.05, 0.1) is 6.54 Å². The van der Waals surface area contributed by atoms with E-state index in [0.29, 0.717) is 0 Å². The second kappa shape index (κ2) is 8.97. The molecule has 4 aromatic rings. The Morgan fingerprint density at radius 1 is 1.04 bits per heavy atom. The maximum absolute atomic E-state index is 4.15. The topological polar surface area (TPSA) is 49.7 Å². The van der Waals surface area contributed by atoms with E-state index in [-0.39, 0.29) is 0 Å². The predicted molar refractivity (Wildman–Crippen MR) is 106 cm³/mol. The van der Waals surface area contributed by atoms with Crippen LogP contribution in [-0.4, -0.2) is 45.3 Å². The van der Waals surface area contributed by atoms with Crippen LogP contribution >= 0.6 is 0 Å². The summed E-state index contributed by atoms with van der Waals surface area (Å²) in [5.41, 5.74) is 3.81. The third kappa shape index (κ3) is 5.04. The number of rotatable bonds is 5. The van der Waals surface area contributed by atoms with Gasteiger partial charge in [-0.05, 0) is 43.8 Å². The summed E-state index contributed by atoms with van der Waals surface area (Å²) in [6.07, 6.45) is 6.48. The Hall–Kier alpha value is -2.92. The van der Waals surface area contributed by atoms with Crippen molar-refractivity contribution >= 4 is 10.9 Å². The summed E-state index contributed by atoms with van der Waals surface area (Å²) in [5.74, 6) is 0. The molecule has 1 N–H and O–H groups in total. The van der Waals surface area contributed by atoms with Gasteiger partial charge in [-0.15, -0.1) is 0 Å². The van der Waals surface area contributed by atoms with Crippen LogP contribution < -0.4 is 0 Å². The molecule has 0 saturated heterocycles. The van der Waals surface area contributed by atoms with Crippen LogP contribution in [0.4, 0.5) is 0 Å². The second-order valence-corrected chi connectivity index (χ2v) is 6.49. The number of hydrogen-bond donors (Lipinski definition) is 1. The molecule has 0 fully saturated rings. The molecule has 0 aliphatic heterocycles. The molecule has 0 aliphatic rings. The molecule has 5 heteroatoms. The van der Waals surface area contributed by atoms with Gasteiger partial charge < -0.3 is 9.88 Å². The van der Waals surface area contributed by atoms with E-state index in [2.05, 4.69) is 58.5 Å². The number of benzene rings is 2. The molecule has 0 radical (unpaired) electrons. The van der Waals surface area contributed by atoms with E-state index in [4.69, 9.17) is 0 Å². The van der Waals surface area contributed by atoms with Crippen LogP contribution in [0.5, 0.6) is 0 Å². The van der Waals surface area contributed by atoms with E-state index in [1.54, 1.807) is 12.7 Å². The Labute approximate surface area is 154 Å². The zero-order valence-corrected chi connectivity index (χ0v) is 15.3. The van der Waals surface area contributed by atoms with Crippen LogP contribution in [-0.2, 0) is 13.0 Å². The van der Waals surface area contributed by atoms with Gasteiger partial charge in [0.2, 0.25) is 0 Å². The summed E-state index contributed by atoms with van der Waals surface area (Å²) in [6, 6.07) is 18.5. The molecule has 2 heterocycles. The number of H-pyrrole nitrogens is 1. The molecular weight excluding hydrogens is 322 g/mol. The summed E-state index contributed by atoms with van der Waals surface area (Å²) < 4.78 is 1.84. The maximum atomic E-state index is 4.15. The Morgan fingerprint density at radius 2 is 1.77 bits per heavy atom. The highest BCUT2D eigenvalue weighted by Crippen LogP contribution is 2.21. The molecule has 0 unspecified atom stereocenters. The number of aromatic nitrogens is 4. The van der Waals surface area contributed by atoms with Crippen molar-refractivity contribution < 1.29 is 0 Å². The molecular formula is C21H25N5. The first kappa shape index (κ1) is 17.9. The van der Waals surface area contributed by atoms with Gasteiger partial charge in [-0.25, -0.2) is 9.67 Å². The molecule has 5 nitrogen and oxygen atoms in total. The maximum Gasteiger partial charge on any atom is 0.137 e. The smallest absolute Gasteiger partial charge is 0.137 e. The molecule has 4 rings (SSSR count). The van der Waals surface area contributed by atoms with Crippen LogP contribution in [0.25, 0.3) is 10.9 Å². The number of likely N-dealkylation sites (N-methyl/N-ethyl adjacent to an activating group) is 1. The zero-order chi connectivity index (χ0) is 18.2. The van der Waals surface area contributed by atoms with E-state index in [1.165, 1.54) is 22.0 Å². The molecule has 26 heavy (non-hydrogen) atoms. The van der Waals surface area contributed by atoms with Crippen molar-refractivity contribution in [1.29, 1.82) is 0 Å². The van der Waals surface area contributed by atoms with Gasteiger partial charge in [0.25, 0.3) is 0 Å². The zero-order valence-electron chi connectivity index (χ0n) is 15.3. The van der Waals surface area contributed by atoms with Crippen LogP contribution in [0.1, 0.15) is 11.1 Å². The molecule has 0 spiro atoms. The minimum Gasteiger partial charge on any atom is -0.361 e. The highest BCUT2D eigenvalue weighted by molar-refractivity contribution is 5.83. The van der Waals surface area contributed by atoms with E-state index in [0.717, 1.165) is 19.5 Å². The third-order valence-corrected chi connectivity index (χ3v) is 4.14. The van der Waals surface area contributed by atoms with Gasteiger partial charge in [-0.1, -0.05) is 42.5 Å². The first-order chi connectivity index (χ1) is 12.7. The first-order valence-corrected chi connectivity index (χ1v) is 8.78. The lowest BCUT2D eigenvalue weighted by Crippen LogP contribution is -2.14. The highest BCUT2D eigenvalue weighted by atomic mass is 15.3. The molecule has 0 atom stereocenters. The van der Waals surface area contributed by atoms with E-state index < -0.39 is 0 Å². The number of fused-ring (bicyclic) bond motifs is 1. The van der Waals surface area contributed by atoms with Crippen molar-refractivity contribution in [3.63, 3.8) is 0 Å². The van der Waals surface area contributed by atoms with Gasteiger partial charge in [-0.3, -0.25) is 0 Å². The summed E-state index contributed by atoms with van der Waals surface area (Å²) in [6.45, 7) is 1.81. The van der Waals surface area contributed by atoms with Crippen LogP contribution in [0.15, 0.2) is 73.4 Å². The lowest BCUT2D eigenvalue weighted by molar-refractivity contribution is 0.414. The average Bonchev–Trinajstić information content (AvgIpc) is 3.31. The minimum atomic E-state index is 0.758. The normalized spacial score (nSPS) is 10.7. The Morgan fingerprint density at radius 3 is 2.38 bits per heavy atom. The first-order valence-electron chi connectivity index (χ1n) is 8.78. The average molecular weight is 347 g/mol. The second-order valence-electron chi connectivity index (χ2n) is 6.49. The largest absolute Gasteiger partial charge is 0.361 e. The fourth-order valence-electron chi connectivity index (χ4n) is 2.76. The van der Waals surface area contributed by atoms with Gasteiger partial charge >= 0.3 is 0 Å². The Kier molecular flexibility index (Phi) is 6.17. The number of nitrogens with one attached hydrogen (secondary N) is 1. The molecule has 0 aliphatic carbocycles. The molecule has 0 amide bonds. The van der Waals surface area contributed by atoms with Crippen LogP contribution in [0.3, 0.4) is 0 Å². The minimum absolute atomic E-state index is 0.758. The number of nitrogens with zero attached hydrogens (tertiary/aromatic N) is 4. The van der Waals surface area contributed by atoms with Gasteiger partial charge in [0.15, 0.2) is 0 Å². The highest BCUT2D eigenvalue weighted by Gasteiger charge is 2.06. The quantitative estimate of drug-likeness (QED) is 0.600. The number of hydrogen-bond acceptors (Lipinski definition) is 3. The third-order valence-electron chi connectivity index (χ3n) is 4.14.